The van der Waals surface area contributed by atoms with E-state index in [1.54, 1.807) is 32.1 Å². The summed E-state index contributed by atoms with van der Waals surface area (Å²) in [4.78, 5) is 23.3. The molecule has 2 aromatic rings. The number of rotatable bonds is 9. The fourth-order valence-electron chi connectivity index (χ4n) is 3.69. The molecule has 0 fully saturated rings. The number of esters is 1. The van der Waals surface area contributed by atoms with Gasteiger partial charge in [0.15, 0.2) is 5.75 Å². The lowest BCUT2D eigenvalue weighted by atomic mass is 9.90. The summed E-state index contributed by atoms with van der Waals surface area (Å²) in [6.07, 6.45) is 2.15. The second-order valence-corrected chi connectivity index (χ2v) is 9.54. The number of aliphatic hydroxyl groups is 1. The number of aliphatic hydroxyl groups excluding tert-OH is 1. The fourth-order valence-corrected chi connectivity index (χ4v) is 4.66. The van der Waals surface area contributed by atoms with E-state index in [4.69, 9.17) is 14.0 Å². The van der Waals surface area contributed by atoms with Crippen LogP contribution in [0, 0.1) is 13.8 Å². The highest BCUT2D eigenvalue weighted by atomic mass is 32.2. The zero-order valence-corrected chi connectivity index (χ0v) is 19.5. The Morgan fingerprint density at radius 1 is 1.15 bits per heavy atom. The standard InChI is InChI=1S/C24H26O8S/c1-14-4-8-17(9-5-14)33(29,30)32-23-18(10-6-15(2)7-11-21(26)27)19(12-25)16(3)20-13-31-24(28)22(20)23/h4-6,8-9,25H,7,10-13H2,1-3H3,(H,26,27). The summed E-state index contributed by atoms with van der Waals surface area (Å²) in [6, 6.07) is 6.11. The number of carboxylic acids is 1. The van der Waals surface area contributed by atoms with Crippen molar-refractivity contribution >= 4 is 22.1 Å². The Balaban J connectivity index is 2.13. The normalized spacial score (nSPS) is 13.6. The number of cyclic esters (lactones) is 1. The topological polar surface area (TPSA) is 127 Å². The molecule has 0 spiro atoms. The Kier molecular flexibility index (Phi) is 7.24. The number of benzene rings is 2. The zero-order chi connectivity index (χ0) is 24.3. The van der Waals surface area contributed by atoms with Gasteiger partial charge in [0, 0.05) is 17.5 Å². The van der Waals surface area contributed by atoms with E-state index in [0.717, 1.165) is 11.1 Å². The summed E-state index contributed by atoms with van der Waals surface area (Å²) in [7, 11) is -4.28. The maximum atomic E-state index is 13.1. The third-order valence-electron chi connectivity index (χ3n) is 5.67. The highest BCUT2D eigenvalue weighted by Gasteiger charge is 2.34. The second-order valence-electron chi connectivity index (χ2n) is 8.00. The molecule has 8 nitrogen and oxygen atoms in total. The van der Waals surface area contributed by atoms with Crippen LogP contribution in [0.3, 0.4) is 0 Å². The molecule has 0 aliphatic carbocycles. The molecule has 0 saturated heterocycles. The van der Waals surface area contributed by atoms with Crippen LogP contribution in [0.4, 0.5) is 0 Å². The van der Waals surface area contributed by atoms with Gasteiger partial charge in [-0.25, -0.2) is 4.79 Å². The highest BCUT2D eigenvalue weighted by molar-refractivity contribution is 7.87. The van der Waals surface area contributed by atoms with Gasteiger partial charge in [-0.05, 0) is 56.9 Å². The average Bonchev–Trinajstić information content (AvgIpc) is 3.15. The number of hydrogen-bond acceptors (Lipinski definition) is 7. The molecule has 0 unspecified atom stereocenters. The summed E-state index contributed by atoms with van der Waals surface area (Å²) in [5, 5.41) is 19.0. The van der Waals surface area contributed by atoms with Crippen molar-refractivity contribution in [3.63, 3.8) is 0 Å². The third kappa shape index (κ3) is 5.26. The monoisotopic (exact) mass is 474 g/mol. The van der Waals surface area contributed by atoms with Crippen LogP contribution in [0.2, 0.25) is 0 Å². The van der Waals surface area contributed by atoms with E-state index >= 15 is 0 Å². The molecule has 3 rings (SSSR count). The minimum absolute atomic E-state index is 0.0342. The van der Waals surface area contributed by atoms with Crippen LogP contribution < -0.4 is 4.18 Å². The number of aliphatic carboxylic acids is 1. The van der Waals surface area contributed by atoms with Crippen LogP contribution in [-0.2, 0) is 39.3 Å². The molecule has 1 aliphatic heterocycles. The van der Waals surface area contributed by atoms with Gasteiger partial charge in [-0.3, -0.25) is 4.79 Å². The van der Waals surface area contributed by atoms with Gasteiger partial charge in [-0.15, -0.1) is 0 Å². The number of aryl methyl sites for hydroxylation is 1. The van der Waals surface area contributed by atoms with Crippen molar-refractivity contribution in [3.8, 4) is 5.75 Å². The van der Waals surface area contributed by atoms with Crippen molar-refractivity contribution in [2.45, 2.75) is 58.1 Å². The van der Waals surface area contributed by atoms with Gasteiger partial charge in [0.25, 0.3) is 0 Å². The van der Waals surface area contributed by atoms with Gasteiger partial charge < -0.3 is 19.1 Å². The quantitative estimate of drug-likeness (QED) is 0.321. The lowest BCUT2D eigenvalue weighted by Gasteiger charge is -2.19. The fraction of sp³-hybridized carbons (Fsp3) is 0.333. The summed E-state index contributed by atoms with van der Waals surface area (Å²) in [6.45, 7) is 4.88. The number of hydrogen-bond donors (Lipinski definition) is 2. The first-order valence-electron chi connectivity index (χ1n) is 10.4. The largest absolute Gasteiger partial charge is 0.481 e. The lowest BCUT2D eigenvalue weighted by molar-refractivity contribution is -0.136. The Bertz CT molecular complexity index is 1220. The molecule has 0 atom stereocenters. The number of carbonyl (C=O) groups excluding carboxylic acids is 1. The van der Waals surface area contributed by atoms with Gasteiger partial charge >= 0.3 is 22.1 Å². The molecule has 0 bridgehead atoms. The molecule has 33 heavy (non-hydrogen) atoms. The number of allylic oxidation sites excluding steroid dienone is 2. The van der Waals surface area contributed by atoms with Crippen LogP contribution in [0.25, 0.3) is 0 Å². The summed E-state index contributed by atoms with van der Waals surface area (Å²) in [5.41, 5.74) is 3.58. The Labute approximate surface area is 192 Å². The van der Waals surface area contributed by atoms with Gasteiger partial charge in [0.2, 0.25) is 0 Å². The summed E-state index contributed by atoms with van der Waals surface area (Å²) >= 11 is 0. The highest BCUT2D eigenvalue weighted by Crippen LogP contribution is 2.40. The van der Waals surface area contributed by atoms with E-state index in [1.807, 2.05) is 6.92 Å². The molecule has 0 aromatic heterocycles. The van der Waals surface area contributed by atoms with Gasteiger partial charge in [0.05, 0.1) is 6.61 Å². The average molecular weight is 475 g/mol. The molecule has 2 N–H and O–H groups in total. The van der Waals surface area contributed by atoms with Crippen molar-refractivity contribution in [2.24, 2.45) is 0 Å². The summed E-state index contributed by atoms with van der Waals surface area (Å²) < 4.78 is 36.8. The first kappa shape index (κ1) is 24.5. The smallest absolute Gasteiger partial charge is 0.342 e. The van der Waals surface area contributed by atoms with Crippen LogP contribution in [0.5, 0.6) is 5.75 Å². The van der Waals surface area contributed by atoms with E-state index in [-0.39, 0.29) is 35.7 Å². The van der Waals surface area contributed by atoms with Crippen molar-refractivity contribution in [1.82, 2.24) is 0 Å². The molecular formula is C24H26O8S. The molecule has 176 valence electrons. The Morgan fingerprint density at radius 3 is 2.42 bits per heavy atom. The van der Waals surface area contributed by atoms with E-state index in [2.05, 4.69) is 0 Å². The van der Waals surface area contributed by atoms with Gasteiger partial charge in [-0.1, -0.05) is 29.3 Å². The predicted molar refractivity (Wildman–Crippen MR) is 120 cm³/mol. The molecule has 1 aliphatic rings. The van der Waals surface area contributed by atoms with Crippen molar-refractivity contribution in [3.05, 3.63) is 69.3 Å². The second kappa shape index (κ2) is 9.76. The maximum Gasteiger partial charge on any atom is 0.342 e. The van der Waals surface area contributed by atoms with Gasteiger partial charge in [0.1, 0.15) is 17.1 Å². The Morgan fingerprint density at radius 2 is 1.82 bits per heavy atom. The molecule has 0 radical (unpaired) electrons. The number of carbonyl (C=O) groups is 2. The number of fused-ring (bicyclic) bond motifs is 1. The lowest BCUT2D eigenvalue weighted by Crippen LogP contribution is -2.16. The van der Waals surface area contributed by atoms with E-state index < -0.39 is 28.7 Å². The van der Waals surface area contributed by atoms with Crippen LogP contribution >= 0.6 is 0 Å². The number of carboxylic acid groups (broad SMARTS) is 1. The molecule has 0 saturated carbocycles. The Hall–Kier alpha value is -3.17. The van der Waals surface area contributed by atoms with E-state index in [9.17, 15) is 23.1 Å². The predicted octanol–water partition coefficient (Wildman–Crippen LogP) is 3.59. The third-order valence-corrected chi connectivity index (χ3v) is 6.91. The molecule has 1 heterocycles. The SMILES string of the molecule is CC(=CCc1c(CO)c(C)c2c(c1OS(=O)(=O)c1ccc(C)cc1)C(=O)OC2)CCC(=O)O. The van der Waals surface area contributed by atoms with Crippen molar-refractivity contribution in [2.75, 3.05) is 0 Å². The minimum atomic E-state index is -4.28. The van der Waals surface area contributed by atoms with E-state index in [1.165, 1.54) is 12.1 Å². The first-order valence-corrected chi connectivity index (χ1v) is 11.8. The van der Waals surface area contributed by atoms with Crippen molar-refractivity contribution in [1.29, 1.82) is 0 Å². The molecule has 0 amide bonds. The van der Waals surface area contributed by atoms with Crippen molar-refractivity contribution < 1.29 is 37.1 Å². The molecular weight excluding hydrogens is 448 g/mol. The number of ether oxygens (including phenoxy) is 1. The zero-order valence-electron chi connectivity index (χ0n) is 18.7. The summed E-state index contributed by atoms with van der Waals surface area (Å²) in [5.74, 6) is -1.78. The first-order chi connectivity index (χ1) is 15.5. The maximum absolute atomic E-state index is 13.1. The molecule has 9 heteroatoms. The van der Waals surface area contributed by atoms with E-state index in [0.29, 0.717) is 28.7 Å². The van der Waals surface area contributed by atoms with Crippen LogP contribution in [0.15, 0.2) is 40.8 Å². The van der Waals surface area contributed by atoms with Crippen LogP contribution in [0.1, 0.15) is 57.9 Å². The molecule has 2 aromatic carbocycles. The van der Waals surface area contributed by atoms with Gasteiger partial charge in [-0.2, -0.15) is 8.42 Å². The minimum Gasteiger partial charge on any atom is -0.481 e. The van der Waals surface area contributed by atoms with Crippen LogP contribution in [-0.4, -0.2) is 30.6 Å².